The summed E-state index contributed by atoms with van der Waals surface area (Å²) in [6.45, 7) is 0. The molecule has 3 nitrogen and oxygen atoms in total. The normalized spacial score (nSPS) is 21.4. The molecular formula is C17H22O3. The third-order valence-electron chi connectivity index (χ3n) is 4.39. The molecule has 2 aliphatic carbocycles. The predicted octanol–water partition coefficient (Wildman–Crippen LogP) is 3.76. The lowest BCUT2D eigenvalue weighted by Crippen LogP contribution is -2.42. The smallest absolute Gasteiger partial charge is 0.194 e. The van der Waals surface area contributed by atoms with Crippen LogP contribution in [0.5, 0.6) is 5.75 Å². The molecule has 1 aromatic rings. The van der Waals surface area contributed by atoms with Gasteiger partial charge in [0.1, 0.15) is 11.4 Å². The Kier molecular flexibility index (Phi) is 3.79. The predicted molar refractivity (Wildman–Crippen MR) is 77.2 cm³/mol. The molecule has 0 amide bonds. The first-order valence-electron chi connectivity index (χ1n) is 7.60. The van der Waals surface area contributed by atoms with E-state index in [1.807, 2.05) is 24.3 Å². The van der Waals surface area contributed by atoms with Crippen molar-refractivity contribution in [1.82, 2.24) is 0 Å². The number of benzene rings is 1. The molecule has 20 heavy (non-hydrogen) atoms. The lowest BCUT2D eigenvalue weighted by atomic mass is 9.79. The summed E-state index contributed by atoms with van der Waals surface area (Å²) in [6, 6.07) is 7.57. The highest BCUT2D eigenvalue weighted by Crippen LogP contribution is 2.35. The van der Waals surface area contributed by atoms with Crippen molar-refractivity contribution in [2.75, 3.05) is 7.11 Å². The van der Waals surface area contributed by atoms with Gasteiger partial charge in [0, 0.05) is 12.7 Å². The van der Waals surface area contributed by atoms with Gasteiger partial charge in [0.2, 0.25) is 0 Å². The minimum atomic E-state index is -0.615. The summed E-state index contributed by atoms with van der Waals surface area (Å²) in [5, 5.41) is 0. The van der Waals surface area contributed by atoms with Crippen LogP contribution in [0.2, 0.25) is 0 Å². The largest absolute Gasteiger partial charge is 0.490 e. The maximum absolute atomic E-state index is 12.8. The van der Waals surface area contributed by atoms with E-state index in [1.54, 1.807) is 7.11 Å². The molecule has 0 unspecified atom stereocenters. The molecule has 3 heteroatoms. The zero-order chi connectivity index (χ0) is 14.0. The summed E-state index contributed by atoms with van der Waals surface area (Å²) in [5.74, 6) is 0.918. The summed E-state index contributed by atoms with van der Waals surface area (Å²) in [4.78, 5) is 12.8. The van der Waals surface area contributed by atoms with Gasteiger partial charge in [-0.3, -0.25) is 4.79 Å². The molecule has 2 aliphatic rings. The van der Waals surface area contributed by atoms with Crippen LogP contribution < -0.4 is 4.74 Å². The number of carbonyl (C=O) groups excluding carboxylic acids is 1. The van der Waals surface area contributed by atoms with E-state index in [0.717, 1.165) is 44.3 Å². The van der Waals surface area contributed by atoms with Crippen molar-refractivity contribution < 1.29 is 14.3 Å². The average Bonchev–Trinajstić information content (AvgIpc) is 3.31. The van der Waals surface area contributed by atoms with Crippen LogP contribution in [-0.2, 0) is 4.74 Å². The monoisotopic (exact) mass is 274 g/mol. The Bertz CT molecular complexity index is 485. The molecule has 0 spiro atoms. The maximum Gasteiger partial charge on any atom is 0.194 e. The van der Waals surface area contributed by atoms with Crippen LogP contribution in [0, 0.1) is 0 Å². The Hall–Kier alpha value is -1.35. The average molecular weight is 274 g/mol. The first kappa shape index (κ1) is 13.6. The topological polar surface area (TPSA) is 35.5 Å². The number of hydrogen-bond acceptors (Lipinski definition) is 3. The van der Waals surface area contributed by atoms with Crippen molar-refractivity contribution in [2.24, 2.45) is 0 Å². The third-order valence-corrected chi connectivity index (χ3v) is 4.39. The molecule has 0 heterocycles. The van der Waals surface area contributed by atoms with Crippen molar-refractivity contribution in [3.05, 3.63) is 29.8 Å². The molecule has 0 atom stereocenters. The van der Waals surface area contributed by atoms with E-state index in [9.17, 15) is 4.79 Å². The van der Waals surface area contributed by atoms with Gasteiger partial charge in [-0.15, -0.1) is 0 Å². The molecule has 2 fully saturated rings. The molecule has 1 aromatic carbocycles. The zero-order valence-corrected chi connectivity index (χ0v) is 12.1. The van der Waals surface area contributed by atoms with Crippen LogP contribution >= 0.6 is 0 Å². The van der Waals surface area contributed by atoms with Crippen LogP contribution in [0.4, 0.5) is 0 Å². The zero-order valence-electron chi connectivity index (χ0n) is 12.1. The fraction of sp³-hybridized carbons (Fsp3) is 0.588. The number of rotatable bonds is 5. The van der Waals surface area contributed by atoms with Crippen LogP contribution in [0.3, 0.4) is 0 Å². The summed E-state index contributed by atoms with van der Waals surface area (Å²) in [7, 11) is 1.66. The van der Waals surface area contributed by atoms with E-state index in [0.29, 0.717) is 11.7 Å². The van der Waals surface area contributed by atoms with E-state index >= 15 is 0 Å². The van der Waals surface area contributed by atoms with Gasteiger partial charge in [0.05, 0.1) is 6.10 Å². The molecule has 0 radical (unpaired) electrons. The molecule has 0 N–H and O–H groups in total. The number of ether oxygens (including phenoxy) is 2. The van der Waals surface area contributed by atoms with Crippen molar-refractivity contribution in [3.8, 4) is 5.75 Å². The highest BCUT2D eigenvalue weighted by molar-refractivity contribution is 6.02. The van der Waals surface area contributed by atoms with Crippen LogP contribution in [0.25, 0.3) is 0 Å². The van der Waals surface area contributed by atoms with E-state index in [4.69, 9.17) is 9.47 Å². The highest BCUT2D eigenvalue weighted by Gasteiger charge is 2.40. The maximum atomic E-state index is 12.8. The summed E-state index contributed by atoms with van der Waals surface area (Å²) in [6.07, 6.45) is 7.59. The van der Waals surface area contributed by atoms with Gasteiger partial charge < -0.3 is 9.47 Å². The summed E-state index contributed by atoms with van der Waals surface area (Å²) in [5.41, 5.74) is 0.100. The quantitative estimate of drug-likeness (QED) is 0.767. The molecule has 0 saturated heterocycles. The van der Waals surface area contributed by atoms with Gasteiger partial charge in [-0.05, 0) is 37.8 Å². The number of carbonyl (C=O) groups is 1. The number of methoxy groups -OCH3 is 1. The molecule has 3 rings (SSSR count). The molecule has 0 aromatic heterocycles. The van der Waals surface area contributed by atoms with Crippen LogP contribution in [-0.4, -0.2) is 24.6 Å². The lowest BCUT2D eigenvalue weighted by molar-refractivity contribution is -0.0194. The van der Waals surface area contributed by atoms with Crippen molar-refractivity contribution in [1.29, 1.82) is 0 Å². The van der Waals surface area contributed by atoms with Crippen molar-refractivity contribution >= 4 is 5.78 Å². The molecule has 108 valence electrons. The summed E-state index contributed by atoms with van der Waals surface area (Å²) < 4.78 is 11.4. The fourth-order valence-corrected chi connectivity index (χ4v) is 3.00. The molecule has 0 aliphatic heterocycles. The minimum Gasteiger partial charge on any atom is -0.490 e. The Balaban J connectivity index is 1.80. The van der Waals surface area contributed by atoms with Gasteiger partial charge in [0.15, 0.2) is 5.78 Å². The first-order chi connectivity index (χ1) is 9.73. The molecule has 0 bridgehead atoms. The van der Waals surface area contributed by atoms with Gasteiger partial charge in [0.25, 0.3) is 0 Å². The van der Waals surface area contributed by atoms with Crippen molar-refractivity contribution in [3.63, 3.8) is 0 Å². The fourth-order valence-electron chi connectivity index (χ4n) is 3.00. The van der Waals surface area contributed by atoms with Crippen LogP contribution in [0.15, 0.2) is 24.3 Å². The van der Waals surface area contributed by atoms with E-state index in [2.05, 4.69) is 0 Å². The standard InChI is InChI=1S/C17H22O3/c1-19-17(10-3-2-4-11-17)16(18)13-6-5-7-15(12-13)20-14-8-9-14/h5-7,12,14H,2-4,8-11H2,1H3. The van der Waals surface area contributed by atoms with Gasteiger partial charge in [-0.1, -0.05) is 31.4 Å². The lowest BCUT2D eigenvalue weighted by Gasteiger charge is -2.34. The Morgan fingerprint density at radius 1 is 1.20 bits per heavy atom. The highest BCUT2D eigenvalue weighted by atomic mass is 16.5. The second kappa shape index (κ2) is 5.57. The van der Waals surface area contributed by atoms with Crippen molar-refractivity contribution in [2.45, 2.75) is 56.7 Å². The Morgan fingerprint density at radius 3 is 2.60 bits per heavy atom. The molecular weight excluding hydrogens is 252 g/mol. The number of hydrogen-bond donors (Lipinski definition) is 0. The van der Waals surface area contributed by atoms with Gasteiger partial charge >= 0.3 is 0 Å². The second-order valence-electron chi connectivity index (χ2n) is 5.93. The molecule has 2 saturated carbocycles. The first-order valence-corrected chi connectivity index (χ1v) is 7.60. The number of ketones is 1. The van der Waals surface area contributed by atoms with Gasteiger partial charge in [-0.25, -0.2) is 0 Å². The minimum absolute atomic E-state index is 0.112. The number of Topliss-reactive ketones (excluding diaryl/α,β-unsaturated/α-hetero) is 1. The summed E-state index contributed by atoms with van der Waals surface area (Å²) >= 11 is 0. The SMILES string of the molecule is COC1(C(=O)c2cccc(OC3CC3)c2)CCCCC1. The Labute approximate surface area is 120 Å². The van der Waals surface area contributed by atoms with E-state index in [1.165, 1.54) is 6.42 Å². The van der Waals surface area contributed by atoms with E-state index in [-0.39, 0.29) is 5.78 Å². The van der Waals surface area contributed by atoms with E-state index < -0.39 is 5.60 Å². The van der Waals surface area contributed by atoms with Gasteiger partial charge in [-0.2, -0.15) is 0 Å². The van der Waals surface area contributed by atoms with Crippen LogP contribution in [0.1, 0.15) is 55.3 Å². The Morgan fingerprint density at radius 2 is 1.95 bits per heavy atom. The third kappa shape index (κ3) is 2.73. The second-order valence-corrected chi connectivity index (χ2v) is 5.93.